The Balaban J connectivity index is 2.99. The van der Waals surface area contributed by atoms with Gasteiger partial charge in [-0.25, -0.2) is 0 Å². The number of carbonyl (C=O) groups excluding carboxylic acids is 1. The Hall–Kier alpha value is -1.71. The lowest BCUT2D eigenvalue weighted by molar-refractivity contribution is -0.131. The lowest BCUT2D eigenvalue weighted by atomic mass is 10.2. The van der Waals surface area contributed by atoms with Crippen molar-refractivity contribution in [1.29, 1.82) is 0 Å². The molecule has 1 aromatic rings. The molecule has 112 valence electrons. The fourth-order valence-electron chi connectivity index (χ4n) is 1.51. The highest BCUT2D eigenvalue weighted by Gasteiger charge is 2.13. The van der Waals surface area contributed by atoms with Crippen molar-refractivity contribution in [2.75, 3.05) is 0 Å². The smallest absolute Gasteiger partial charge is 0.308 e. The normalized spacial score (nSPS) is 13.4. The monoisotopic (exact) mass is 280 g/mol. The van der Waals surface area contributed by atoms with E-state index in [9.17, 15) is 4.79 Å². The Kier molecular flexibility index (Phi) is 6.36. The van der Waals surface area contributed by atoms with Crippen LogP contribution < -0.4 is 14.2 Å². The molecule has 0 fully saturated rings. The van der Waals surface area contributed by atoms with Crippen LogP contribution in [-0.2, 0) is 4.79 Å². The molecule has 0 aliphatic heterocycles. The second-order valence-corrected chi connectivity index (χ2v) is 4.88. The summed E-state index contributed by atoms with van der Waals surface area (Å²) in [6, 6.07) is 5.19. The maximum atomic E-state index is 11.0. The maximum absolute atomic E-state index is 11.0. The molecule has 1 aromatic carbocycles. The molecule has 2 unspecified atom stereocenters. The van der Waals surface area contributed by atoms with Crippen LogP contribution >= 0.6 is 0 Å². The van der Waals surface area contributed by atoms with E-state index in [0.29, 0.717) is 17.2 Å². The number of hydrogen-bond donors (Lipinski definition) is 0. The first-order valence-corrected chi connectivity index (χ1v) is 7.12. The van der Waals surface area contributed by atoms with Gasteiger partial charge in [-0.1, -0.05) is 13.8 Å². The van der Waals surface area contributed by atoms with Gasteiger partial charge in [-0.15, -0.1) is 0 Å². The van der Waals surface area contributed by atoms with E-state index in [4.69, 9.17) is 14.2 Å². The Morgan fingerprint density at radius 3 is 2.10 bits per heavy atom. The topological polar surface area (TPSA) is 44.8 Å². The fourth-order valence-corrected chi connectivity index (χ4v) is 1.51. The summed E-state index contributed by atoms with van der Waals surface area (Å²) in [6.45, 7) is 9.49. The van der Waals surface area contributed by atoms with E-state index in [1.165, 1.54) is 6.92 Å². The number of esters is 1. The van der Waals surface area contributed by atoms with Crippen LogP contribution in [0.15, 0.2) is 18.2 Å². The van der Waals surface area contributed by atoms with E-state index in [0.717, 1.165) is 12.8 Å². The minimum absolute atomic E-state index is 0.0712. The van der Waals surface area contributed by atoms with Gasteiger partial charge < -0.3 is 14.2 Å². The first kappa shape index (κ1) is 16.3. The number of ether oxygens (including phenoxy) is 3. The third kappa shape index (κ3) is 5.11. The molecule has 0 radical (unpaired) electrons. The highest BCUT2D eigenvalue weighted by molar-refractivity contribution is 5.69. The molecule has 0 bridgehead atoms. The summed E-state index contributed by atoms with van der Waals surface area (Å²) >= 11 is 0. The van der Waals surface area contributed by atoms with Crippen LogP contribution in [0.2, 0.25) is 0 Å². The molecular formula is C16H24O4. The minimum Gasteiger partial charge on any atom is -0.487 e. The van der Waals surface area contributed by atoms with Crippen molar-refractivity contribution >= 4 is 5.97 Å². The van der Waals surface area contributed by atoms with Crippen molar-refractivity contribution in [1.82, 2.24) is 0 Å². The van der Waals surface area contributed by atoms with Crippen LogP contribution in [0.25, 0.3) is 0 Å². The molecule has 0 amide bonds. The van der Waals surface area contributed by atoms with Gasteiger partial charge >= 0.3 is 5.97 Å². The predicted molar refractivity (Wildman–Crippen MR) is 78.5 cm³/mol. The summed E-state index contributed by atoms with van der Waals surface area (Å²) in [6.07, 6.45) is 1.98. The number of rotatable bonds is 7. The highest BCUT2D eigenvalue weighted by Crippen LogP contribution is 2.33. The second-order valence-electron chi connectivity index (χ2n) is 4.88. The van der Waals surface area contributed by atoms with Gasteiger partial charge in [0, 0.05) is 13.0 Å². The molecule has 1 rings (SSSR count). The standard InChI is InChI=1S/C16H24O4/c1-6-11(3)18-15-9-8-14(20-13(5)17)10-16(15)19-12(4)7-2/h8-12H,6-7H2,1-5H3. The second kappa shape index (κ2) is 7.78. The van der Waals surface area contributed by atoms with E-state index in [2.05, 4.69) is 13.8 Å². The summed E-state index contributed by atoms with van der Waals surface area (Å²) in [5.41, 5.74) is 0. The lowest BCUT2D eigenvalue weighted by Crippen LogP contribution is -2.14. The molecule has 20 heavy (non-hydrogen) atoms. The zero-order valence-corrected chi connectivity index (χ0v) is 12.9. The minimum atomic E-state index is -0.352. The Labute approximate surface area is 121 Å². The van der Waals surface area contributed by atoms with Gasteiger partial charge in [0.1, 0.15) is 5.75 Å². The van der Waals surface area contributed by atoms with Gasteiger partial charge in [-0.05, 0) is 38.8 Å². The maximum Gasteiger partial charge on any atom is 0.308 e. The van der Waals surface area contributed by atoms with E-state index < -0.39 is 0 Å². The van der Waals surface area contributed by atoms with Gasteiger partial charge in [0.05, 0.1) is 12.2 Å². The summed E-state index contributed by atoms with van der Waals surface area (Å²) in [7, 11) is 0. The van der Waals surface area contributed by atoms with E-state index in [1.807, 2.05) is 13.8 Å². The molecule has 0 saturated carbocycles. The van der Waals surface area contributed by atoms with Crippen LogP contribution in [0, 0.1) is 0 Å². The fraction of sp³-hybridized carbons (Fsp3) is 0.562. The molecule has 0 aliphatic carbocycles. The summed E-state index contributed by atoms with van der Waals surface area (Å²) in [4.78, 5) is 11.0. The first-order chi connectivity index (χ1) is 9.46. The van der Waals surface area contributed by atoms with Crippen LogP contribution in [0.5, 0.6) is 17.2 Å². The number of hydrogen-bond acceptors (Lipinski definition) is 4. The summed E-state index contributed by atoms with van der Waals surface area (Å²) in [5.74, 6) is 1.40. The molecule has 0 saturated heterocycles. The quantitative estimate of drug-likeness (QED) is 0.560. The Morgan fingerprint density at radius 2 is 1.60 bits per heavy atom. The van der Waals surface area contributed by atoms with Crippen LogP contribution in [0.1, 0.15) is 47.5 Å². The molecule has 0 aromatic heterocycles. The van der Waals surface area contributed by atoms with Gasteiger partial charge in [0.25, 0.3) is 0 Å². The highest BCUT2D eigenvalue weighted by atomic mass is 16.5. The van der Waals surface area contributed by atoms with Crippen LogP contribution in [0.3, 0.4) is 0 Å². The molecule has 0 spiro atoms. The summed E-state index contributed by atoms with van der Waals surface area (Å²) in [5, 5.41) is 0. The molecule has 0 aliphatic rings. The number of benzene rings is 1. The molecule has 2 atom stereocenters. The van der Waals surface area contributed by atoms with Crippen molar-refractivity contribution in [3.05, 3.63) is 18.2 Å². The zero-order valence-electron chi connectivity index (χ0n) is 12.9. The zero-order chi connectivity index (χ0) is 15.1. The van der Waals surface area contributed by atoms with Crippen molar-refractivity contribution in [3.63, 3.8) is 0 Å². The SMILES string of the molecule is CCC(C)Oc1ccc(OC(C)=O)cc1OC(C)CC. The summed E-state index contributed by atoms with van der Waals surface area (Å²) < 4.78 is 16.8. The van der Waals surface area contributed by atoms with Crippen molar-refractivity contribution in [3.8, 4) is 17.2 Å². The molecule has 0 heterocycles. The van der Waals surface area contributed by atoms with Gasteiger partial charge in [0.2, 0.25) is 0 Å². The molecular weight excluding hydrogens is 256 g/mol. The van der Waals surface area contributed by atoms with E-state index in [1.54, 1.807) is 18.2 Å². The van der Waals surface area contributed by atoms with E-state index >= 15 is 0 Å². The average Bonchev–Trinajstić information content (AvgIpc) is 2.40. The van der Waals surface area contributed by atoms with Crippen molar-refractivity contribution in [2.45, 2.75) is 59.7 Å². The molecule has 0 N–H and O–H groups in total. The lowest BCUT2D eigenvalue weighted by Gasteiger charge is -2.19. The first-order valence-electron chi connectivity index (χ1n) is 7.12. The molecule has 4 heteroatoms. The third-order valence-corrected chi connectivity index (χ3v) is 2.98. The van der Waals surface area contributed by atoms with Crippen molar-refractivity contribution in [2.24, 2.45) is 0 Å². The average molecular weight is 280 g/mol. The van der Waals surface area contributed by atoms with Crippen molar-refractivity contribution < 1.29 is 19.0 Å². The van der Waals surface area contributed by atoms with Crippen LogP contribution in [-0.4, -0.2) is 18.2 Å². The van der Waals surface area contributed by atoms with Crippen LogP contribution in [0.4, 0.5) is 0 Å². The Bertz CT molecular complexity index is 442. The number of carbonyl (C=O) groups is 1. The van der Waals surface area contributed by atoms with Gasteiger partial charge in [0.15, 0.2) is 11.5 Å². The van der Waals surface area contributed by atoms with Gasteiger partial charge in [-0.3, -0.25) is 4.79 Å². The predicted octanol–water partition coefficient (Wildman–Crippen LogP) is 3.97. The third-order valence-electron chi connectivity index (χ3n) is 2.98. The van der Waals surface area contributed by atoms with E-state index in [-0.39, 0.29) is 18.2 Å². The van der Waals surface area contributed by atoms with Gasteiger partial charge in [-0.2, -0.15) is 0 Å². The molecule has 4 nitrogen and oxygen atoms in total. The Morgan fingerprint density at radius 1 is 1.05 bits per heavy atom. The largest absolute Gasteiger partial charge is 0.487 e.